The van der Waals surface area contributed by atoms with Crippen molar-refractivity contribution in [1.82, 2.24) is 0 Å². The average Bonchev–Trinajstić information content (AvgIpc) is 2.34. The number of aryl methyl sites for hydroxylation is 2. The summed E-state index contributed by atoms with van der Waals surface area (Å²) in [6, 6.07) is 4.08. The molecule has 0 saturated heterocycles. The van der Waals surface area contributed by atoms with Crippen LogP contribution in [0.1, 0.15) is 49.7 Å². The molecule has 1 aromatic rings. The van der Waals surface area contributed by atoms with Crippen LogP contribution in [-0.4, -0.2) is 11.4 Å². The molecular formula is C16H23BrN2O. The van der Waals surface area contributed by atoms with Crippen LogP contribution in [0.15, 0.2) is 16.6 Å². The Balaban J connectivity index is 2.05. The monoisotopic (exact) mass is 338 g/mol. The first kappa shape index (κ1) is 15.5. The number of carbonyl (C=O) groups excluding carboxylic acids is 1. The highest BCUT2D eigenvalue weighted by Crippen LogP contribution is 2.31. The van der Waals surface area contributed by atoms with E-state index in [2.05, 4.69) is 27.3 Å². The Labute approximate surface area is 129 Å². The molecule has 1 aromatic carbocycles. The number of halogens is 1. The number of benzene rings is 1. The molecule has 0 bridgehead atoms. The molecule has 2 rings (SSSR count). The third-order valence-corrected chi connectivity index (χ3v) is 4.68. The maximum absolute atomic E-state index is 12.3. The van der Waals surface area contributed by atoms with Crippen LogP contribution < -0.4 is 11.1 Å². The molecule has 3 N–H and O–H groups in total. The molecule has 0 atom stereocenters. The Kier molecular flexibility index (Phi) is 4.86. The first-order chi connectivity index (χ1) is 9.39. The topological polar surface area (TPSA) is 55.1 Å². The summed E-state index contributed by atoms with van der Waals surface area (Å²) in [5.74, 6) is 0.0158. The molecule has 1 aliphatic carbocycles. The zero-order valence-electron chi connectivity index (χ0n) is 12.3. The smallest absolute Gasteiger partial charge is 0.226 e. The lowest BCUT2D eigenvalue weighted by atomic mass is 9.80. The van der Waals surface area contributed by atoms with E-state index in [-0.39, 0.29) is 11.4 Å². The maximum atomic E-state index is 12.3. The van der Waals surface area contributed by atoms with E-state index in [1.54, 1.807) is 0 Å². The zero-order chi connectivity index (χ0) is 14.8. The minimum Gasteiger partial charge on any atom is -0.325 e. The fourth-order valence-corrected chi connectivity index (χ4v) is 3.78. The summed E-state index contributed by atoms with van der Waals surface area (Å²) < 4.78 is 0.929. The van der Waals surface area contributed by atoms with Crippen LogP contribution in [0.4, 0.5) is 5.69 Å². The molecule has 3 nitrogen and oxygen atoms in total. The highest BCUT2D eigenvalue weighted by molar-refractivity contribution is 9.10. The Morgan fingerprint density at radius 2 is 1.95 bits per heavy atom. The van der Waals surface area contributed by atoms with Crippen molar-refractivity contribution in [1.29, 1.82) is 0 Å². The van der Waals surface area contributed by atoms with Gasteiger partial charge in [0.05, 0.1) is 5.69 Å². The maximum Gasteiger partial charge on any atom is 0.226 e. The van der Waals surface area contributed by atoms with Gasteiger partial charge in [0.25, 0.3) is 0 Å². The van der Waals surface area contributed by atoms with Crippen molar-refractivity contribution in [2.45, 2.75) is 57.9 Å². The summed E-state index contributed by atoms with van der Waals surface area (Å²) in [6.45, 7) is 4.05. The molecule has 1 saturated carbocycles. The standard InChI is InChI=1S/C16H23BrN2O/c1-11-8-12(2)15(13(17)9-11)19-14(20)10-16(18)6-4-3-5-7-16/h8-9H,3-7,10,18H2,1-2H3,(H,19,20). The Morgan fingerprint density at radius 3 is 2.55 bits per heavy atom. The van der Waals surface area contributed by atoms with Gasteiger partial charge in [0.15, 0.2) is 0 Å². The minimum atomic E-state index is -0.312. The number of nitrogens with one attached hydrogen (secondary N) is 1. The summed E-state index contributed by atoms with van der Waals surface area (Å²) in [5.41, 5.74) is 9.14. The van der Waals surface area contributed by atoms with Gasteiger partial charge in [0.1, 0.15) is 0 Å². The molecule has 0 spiro atoms. The number of rotatable bonds is 3. The zero-order valence-corrected chi connectivity index (χ0v) is 13.8. The molecule has 1 amide bonds. The van der Waals surface area contributed by atoms with Crippen molar-refractivity contribution in [3.05, 3.63) is 27.7 Å². The largest absolute Gasteiger partial charge is 0.325 e. The number of carbonyl (C=O) groups is 1. The average molecular weight is 339 g/mol. The van der Waals surface area contributed by atoms with Crippen LogP contribution in [0.3, 0.4) is 0 Å². The van der Waals surface area contributed by atoms with Crippen LogP contribution in [0.2, 0.25) is 0 Å². The first-order valence-electron chi connectivity index (χ1n) is 7.25. The normalized spacial score (nSPS) is 17.8. The summed E-state index contributed by atoms with van der Waals surface area (Å²) in [5, 5.41) is 3.01. The molecule has 20 heavy (non-hydrogen) atoms. The number of amides is 1. The highest BCUT2D eigenvalue weighted by Gasteiger charge is 2.30. The lowest BCUT2D eigenvalue weighted by molar-refractivity contribution is -0.117. The molecule has 1 fully saturated rings. The van der Waals surface area contributed by atoms with E-state index in [4.69, 9.17) is 5.73 Å². The fourth-order valence-electron chi connectivity index (χ4n) is 3.01. The summed E-state index contributed by atoms with van der Waals surface area (Å²) in [4.78, 5) is 12.3. The molecule has 0 aromatic heterocycles. The molecule has 4 heteroatoms. The van der Waals surface area contributed by atoms with E-state index in [1.165, 1.54) is 12.0 Å². The molecule has 0 heterocycles. The van der Waals surface area contributed by atoms with Crippen molar-refractivity contribution >= 4 is 27.5 Å². The fraction of sp³-hybridized carbons (Fsp3) is 0.562. The van der Waals surface area contributed by atoms with Crippen molar-refractivity contribution in [2.24, 2.45) is 5.73 Å². The van der Waals surface area contributed by atoms with Crippen molar-refractivity contribution in [3.63, 3.8) is 0 Å². The highest BCUT2D eigenvalue weighted by atomic mass is 79.9. The summed E-state index contributed by atoms with van der Waals surface area (Å²) in [7, 11) is 0. The molecular weight excluding hydrogens is 316 g/mol. The number of nitrogens with two attached hydrogens (primary N) is 1. The second-order valence-corrected chi connectivity index (χ2v) is 6.94. The van der Waals surface area contributed by atoms with Crippen LogP contribution in [0.25, 0.3) is 0 Å². The third-order valence-electron chi connectivity index (χ3n) is 4.06. The summed E-state index contributed by atoms with van der Waals surface area (Å²) in [6.07, 6.45) is 5.83. The predicted octanol–water partition coefficient (Wildman–Crippen LogP) is 4.06. The van der Waals surface area contributed by atoms with Gasteiger partial charge >= 0.3 is 0 Å². The van der Waals surface area contributed by atoms with E-state index in [0.717, 1.165) is 41.4 Å². The molecule has 110 valence electrons. The lowest BCUT2D eigenvalue weighted by Crippen LogP contribution is -2.44. The Bertz CT molecular complexity index is 484. The SMILES string of the molecule is Cc1cc(C)c(NC(=O)CC2(N)CCCCC2)c(Br)c1. The van der Waals surface area contributed by atoms with Crippen molar-refractivity contribution < 1.29 is 4.79 Å². The van der Waals surface area contributed by atoms with Crippen LogP contribution in [-0.2, 0) is 4.79 Å². The van der Waals surface area contributed by atoms with E-state index in [9.17, 15) is 4.79 Å². The molecule has 0 radical (unpaired) electrons. The predicted molar refractivity (Wildman–Crippen MR) is 86.9 cm³/mol. The van der Waals surface area contributed by atoms with E-state index >= 15 is 0 Å². The van der Waals surface area contributed by atoms with Gasteiger partial charge in [-0.05, 0) is 59.8 Å². The second-order valence-electron chi connectivity index (χ2n) is 6.09. The van der Waals surface area contributed by atoms with Gasteiger partial charge in [0, 0.05) is 16.4 Å². The summed E-state index contributed by atoms with van der Waals surface area (Å²) >= 11 is 3.52. The van der Waals surface area contributed by atoms with Gasteiger partial charge < -0.3 is 11.1 Å². The van der Waals surface area contributed by atoms with Crippen LogP contribution in [0, 0.1) is 13.8 Å². The van der Waals surface area contributed by atoms with E-state index in [0.29, 0.717) is 6.42 Å². The lowest BCUT2D eigenvalue weighted by Gasteiger charge is -2.32. The van der Waals surface area contributed by atoms with Crippen LogP contribution >= 0.6 is 15.9 Å². The van der Waals surface area contributed by atoms with E-state index < -0.39 is 0 Å². The van der Waals surface area contributed by atoms with Gasteiger partial charge in [0.2, 0.25) is 5.91 Å². The molecule has 0 aliphatic heterocycles. The van der Waals surface area contributed by atoms with E-state index in [1.807, 2.05) is 19.9 Å². The first-order valence-corrected chi connectivity index (χ1v) is 8.04. The quantitative estimate of drug-likeness (QED) is 0.873. The number of anilines is 1. The van der Waals surface area contributed by atoms with Crippen molar-refractivity contribution in [2.75, 3.05) is 5.32 Å². The Hall–Kier alpha value is -0.870. The van der Waals surface area contributed by atoms with Gasteiger partial charge in [-0.15, -0.1) is 0 Å². The third kappa shape index (κ3) is 3.83. The van der Waals surface area contributed by atoms with Gasteiger partial charge in [-0.3, -0.25) is 4.79 Å². The van der Waals surface area contributed by atoms with Gasteiger partial charge in [-0.1, -0.05) is 25.3 Å². The Morgan fingerprint density at radius 1 is 1.30 bits per heavy atom. The molecule has 0 unspecified atom stereocenters. The second kappa shape index (κ2) is 6.27. The number of hydrogen-bond acceptors (Lipinski definition) is 2. The van der Waals surface area contributed by atoms with Gasteiger partial charge in [-0.2, -0.15) is 0 Å². The van der Waals surface area contributed by atoms with Crippen molar-refractivity contribution in [3.8, 4) is 0 Å². The van der Waals surface area contributed by atoms with Gasteiger partial charge in [-0.25, -0.2) is 0 Å². The number of hydrogen-bond donors (Lipinski definition) is 2. The minimum absolute atomic E-state index is 0.0158. The molecule has 1 aliphatic rings. The van der Waals surface area contributed by atoms with Crippen LogP contribution in [0.5, 0.6) is 0 Å².